The lowest BCUT2D eigenvalue weighted by Crippen LogP contribution is -2.31. The number of aromatic nitrogens is 1. The quantitative estimate of drug-likeness (QED) is 0.184. The zero-order chi connectivity index (χ0) is 24.8. The van der Waals surface area contributed by atoms with Gasteiger partial charge >= 0.3 is 0 Å². The summed E-state index contributed by atoms with van der Waals surface area (Å²) >= 11 is 1.48. The number of thiophene rings is 1. The molecule has 36 heavy (non-hydrogen) atoms. The van der Waals surface area contributed by atoms with Crippen molar-refractivity contribution >= 4 is 50.5 Å². The summed E-state index contributed by atoms with van der Waals surface area (Å²) in [5, 5.41) is 16.4. The van der Waals surface area contributed by atoms with Crippen LogP contribution in [0.2, 0.25) is 0 Å². The minimum absolute atomic E-state index is 0.134. The normalized spacial score (nSPS) is 17.5. The van der Waals surface area contributed by atoms with Gasteiger partial charge in [0, 0.05) is 41.1 Å². The fourth-order valence-electron chi connectivity index (χ4n) is 5.21. The maximum absolute atomic E-state index is 13.3. The van der Waals surface area contributed by atoms with Gasteiger partial charge in [-0.05, 0) is 46.3 Å². The summed E-state index contributed by atoms with van der Waals surface area (Å²) in [6, 6.07) is 24.8. The molecule has 5 aromatic rings. The molecular weight excluding hydrogens is 468 g/mol. The summed E-state index contributed by atoms with van der Waals surface area (Å²) in [5.74, 6) is -1.35. The van der Waals surface area contributed by atoms with Crippen LogP contribution in [0.3, 0.4) is 0 Å². The van der Waals surface area contributed by atoms with Crippen LogP contribution in [0.1, 0.15) is 22.0 Å². The number of hydrogen-bond donors (Lipinski definition) is 1. The van der Waals surface area contributed by atoms with Gasteiger partial charge < -0.3 is 14.6 Å². The van der Waals surface area contributed by atoms with Gasteiger partial charge in [-0.2, -0.15) is 0 Å². The molecule has 1 amide bonds. The van der Waals surface area contributed by atoms with Gasteiger partial charge in [0.1, 0.15) is 5.76 Å². The Bertz CT molecular complexity index is 1660. The third kappa shape index (κ3) is 3.62. The molecule has 6 rings (SSSR count). The van der Waals surface area contributed by atoms with Gasteiger partial charge in [-0.15, -0.1) is 11.3 Å². The smallest absolute Gasteiger partial charge is 0.295 e. The van der Waals surface area contributed by atoms with Crippen LogP contribution in [-0.2, 0) is 23.1 Å². The van der Waals surface area contributed by atoms with Gasteiger partial charge in [0.05, 0.1) is 11.6 Å². The van der Waals surface area contributed by atoms with E-state index in [1.165, 1.54) is 11.3 Å². The molecule has 3 heterocycles. The number of para-hydroxylation sites is 1. The van der Waals surface area contributed by atoms with Crippen molar-refractivity contribution in [3.05, 3.63) is 112 Å². The second kappa shape index (κ2) is 8.81. The highest BCUT2D eigenvalue weighted by molar-refractivity contribution is 7.10. The molecule has 1 N–H and O–H groups in total. The molecule has 1 unspecified atom stereocenters. The molecule has 178 valence electrons. The van der Waals surface area contributed by atoms with Gasteiger partial charge in [0.25, 0.3) is 11.7 Å². The SMILES string of the molecule is Cn1cc(CCN2C(=O)C(=O)/C(=C(\O)c3ccc4ccccc4c3)C2c2cccs2)c2ccccc21. The van der Waals surface area contributed by atoms with E-state index < -0.39 is 17.7 Å². The standard InChI is InChI=1S/C30H24N2O3S/c1-31-18-22(23-9-4-5-10-24(23)31)14-15-32-27(25-11-6-16-36-25)26(29(34)30(32)35)28(33)21-13-12-19-7-2-3-8-20(19)17-21/h2-13,16-18,27,33H,14-15H2,1H3/b28-26-. The molecule has 1 aliphatic heterocycles. The van der Waals surface area contributed by atoms with E-state index in [4.69, 9.17) is 0 Å². The van der Waals surface area contributed by atoms with Crippen LogP contribution in [0, 0.1) is 0 Å². The average Bonchev–Trinajstić information content (AvgIpc) is 3.61. The van der Waals surface area contributed by atoms with Crippen LogP contribution in [0.5, 0.6) is 0 Å². The molecule has 3 aromatic carbocycles. The average molecular weight is 493 g/mol. The Morgan fingerprint density at radius 2 is 1.72 bits per heavy atom. The van der Waals surface area contributed by atoms with Crippen molar-refractivity contribution in [1.29, 1.82) is 0 Å². The number of fused-ring (bicyclic) bond motifs is 2. The van der Waals surface area contributed by atoms with E-state index in [1.54, 1.807) is 11.0 Å². The third-order valence-electron chi connectivity index (χ3n) is 6.98. The summed E-state index contributed by atoms with van der Waals surface area (Å²) in [4.78, 5) is 29.1. The Morgan fingerprint density at radius 3 is 2.53 bits per heavy atom. The zero-order valence-electron chi connectivity index (χ0n) is 19.7. The maximum Gasteiger partial charge on any atom is 0.295 e. The van der Waals surface area contributed by atoms with Crippen LogP contribution >= 0.6 is 11.3 Å². The van der Waals surface area contributed by atoms with Crippen LogP contribution in [0.25, 0.3) is 27.4 Å². The number of likely N-dealkylation sites (tertiary alicyclic amines) is 1. The molecule has 1 aliphatic rings. The number of aryl methyl sites for hydroxylation is 1. The summed E-state index contributed by atoms with van der Waals surface area (Å²) in [6.45, 7) is 0.371. The Labute approximate surface area is 212 Å². The monoisotopic (exact) mass is 492 g/mol. The second-order valence-electron chi connectivity index (χ2n) is 9.10. The number of hydrogen-bond acceptors (Lipinski definition) is 4. The maximum atomic E-state index is 13.3. The van der Waals surface area contributed by atoms with Crippen molar-refractivity contribution in [1.82, 2.24) is 9.47 Å². The topological polar surface area (TPSA) is 62.5 Å². The first kappa shape index (κ1) is 22.3. The zero-order valence-corrected chi connectivity index (χ0v) is 20.5. The number of aliphatic hydroxyl groups excluding tert-OH is 1. The molecule has 0 saturated carbocycles. The molecule has 0 radical (unpaired) electrons. The first-order valence-electron chi connectivity index (χ1n) is 11.9. The number of nitrogens with zero attached hydrogens (tertiary/aromatic N) is 2. The first-order valence-corrected chi connectivity index (χ1v) is 12.7. The van der Waals surface area contributed by atoms with Crippen molar-refractivity contribution < 1.29 is 14.7 Å². The summed E-state index contributed by atoms with van der Waals surface area (Å²) in [5.41, 5.74) is 2.92. The number of amides is 1. The van der Waals surface area contributed by atoms with Crippen molar-refractivity contribution in [3.63, 3.8) is 0 Å². The van der Waals surface area contributed by atoms with E-state index in [-0.39, 0.29) is 11.3 Å². The Balaban J connectivity index is 1.41. The molecule has 6 heteroatoms. The predicted molar refractivity (Wildman–Crippen MR) is 144 cm³/mol. The summed E-state index contributed by atoms with van der Waals surface area (Å²) in [6.07, 6.45) is 2.68. The molecule has 5 nitrogen and oxygen atoms in total. The summed E-state index contributed by atoms with van der Waals surface area (Å²) < 4.78 is 2.08. The molecule has 0 bridgehead atoms. The molecular formula is C30H24N2O3S. The highest BCUT2D eigenvalue weighted by Gasteiger charge is 2.46. The van der Waals surface area contributed by atoms with E-state index in [0.29, 0.717) is 18.5 Å². The Kier molecular flexibility index (Phi) is 5.46. The number of rotatable bonds is 5. The number of ketones is 1. The van der Waals surface area contributed by atoms with Gasteiger partial charge in [0.2, 0.25) is 0 Å². The van der Waals surface area contributed by atoms with Crippen molar-refractivity contribution in [2.24, 2.45) is 7.05 Å². The fourth-order valence-corrected chi connectivity index (χ4v) is 6.06. The van der Waals surface area contributed by atoms with Gasteiger partial charge in [0.15, 0.2) is 0 Å². The van der Waals surface area contributed by atoms with Crippen molar-refractivity contribution in [2.75, 3.05) is 6.54 Å². The van der Waals surface area contributed by atoms with Crippen LogP contribution in [0.15, 0.2) is 96.0 Å². The van der Waals surface area contributed by atoms with Crippen LogP contribution < -0.4 is 0 Å². The fraction of sp³-hybridized carbons (Fsp3) is 0.133. The molecule has 2 aromatic heterocycles. The van der Waals surface area contributed by atoms with Gasteiger partial charge in [-0.1, -0.05) is 60.7 Å². The summed E-state index contributed by atoms with van der Waals surface area (Å²) in [7, 11) is 2.01. The second-order valence-corrected chi connectivity index (χ2v) is 10.1. The van der Waals surface area contributed by atoms with Crippen LogP contribution in [0.4, 0.5) is 0 Å². The van der Waals surface area contributed by atoms with Crippen LogP contribution in [-0.4, -0.2) is 32.8 Å². The molecule has 0 aliphatic carbocycles. The Hall–Kier alpha value is -4.16. The molecule has 0 spiro atoms. The molecule has 1 saturated heterocycles. The lowest BCUT2D eigenvalue weighted by atomic mass is 9.98. The van der Waals surface area contributed by atoms with Crippen molar-refractivity contribution in [2.45, 2.75) is 12.5 Å². The number of aliphatic hydroxyl groups is 1. The molecule has 1 atom stereocenters. The lowest BCUT2D eigenvalue weighted by Gasteiger charge is -2.24. The third-order valence-corrected chi connectivity index (χ3v) is 7.90. The minimum Gasteiger partial charge on any atom is -0.507 e. The Morgan fingerprint density at radius 1 is 0.944 bits per heavy atom. The van der Waals surface area contributed by atoms with E-state index in [2.05, 4.69) is 22.9 Å². The predicted octanol–water partition coefficient (Wildman–Crippen LogP) is 6.06. The van der Waals surface area contributed by atoms with E-state index in [9.17, 15) is 14.7 Å². The van der Waals surface area contributed by atoms with E-state index >= 15 is 0 Å². The van der Waals surface area contributed by atoms with E-state index in [1.807, 2.05) is 73.1 Å². The largest absolute Gasteiger partial charge is 0.507 e. The number of carbonyl (C=O) groups is 2. The van der Waals surface area contributed by atoms with Crippen molar-refractivity contribution in [3.8, 4) is 0 Å². The lowest BCUT2D eigenvalue weighted by molar-refractivity contribution is -0.139. The first-order chi connectivity index (χ1) is 17.5. The highest BCUT2D eigenvalue weighted by Crippen LogP contribution is 2.41. The minimum atomic E-state index is -0.642. The number of carbonyl (C=O) groups excluding carboxylic acids is 2. The van der Waals surface area contributed by atoms with Gasteiger partial charge in [-0.25, -0.2) is 0 Å². The van der Waals surface area contributed by atoms with E-state index in [0.717, 1.165) is 32.1 Å². The highest BCUT2D eigenvalue weighted by atomic mass is 32.1. The molecule has 1 fully saturated rings. The van der Waals surface area contributed by atoms with Gasteiger partial charge in [-0.3, -0.25) is 9.59 Å². The number of Topliss-reactive ketones (excluding diaryl/α,β-unsaturated/α-hetero) is 1. The number of benzene rings is 3.